The summed E-state index contributed by atoms with van der Waals surface area (Å²) in [6, 6.07) is 8.00. The van der Waals surface area contributed by atoms with E-state index in [0.717, 1.165) is 42.0 Å². The molecule has 2 fully saturated rings. The average molecular weight is 353 g/mol. The lowest BCUT2D eigenvalue weighted by atomic mass is 10.1. The van der Waals surface area contributed by atoms with Crippen molar-refractivity contribution in [3.05, 3.63) is 34.3 Å². The minimum atomic E-state index is -0.355. The molecule has 4 heteroatoms. The van der Waals surface area contributed by atoms with Crippen LogP contribution < -0.4 is 0 Å². The fourth-order valence-corrected chi connectivity index (χ4v) is 3.46. The fourth-order valence-electron chi connectivity index (χ4n) is 3.05. The van der Waals surface area contributed by atoms with Crippen LogP contribution in [-0.4, -0.2) is 54.2 Å². The first-order chi connectivity index (χ1) is 10.2. The standard InChI is InChI=1S/C17H25BrN2O/c18-16-3-1-2-15(12-16)17(21)6-7-19-8-10-20(11-9-19)13-14-4-5-14/h1-3,12,14,17,21H,4-11,13H2. The van der Waals surface area contributed by atoms with E-state index in [9.17, 15) is 5.11 Å². The number of halogens is 1. The van der Waals surface area contributed by atoms with Gasteiger partial charge in [0.2, 0.25) is 0 Å². The largest absolute Gasteiger partial charge is 0.388 e. The second-order valence-electron chi connectivity index (χ2n) is 6.45. The molecule has 1 saturated heterocycles. The smallest absolute Gasteiger partial charge is 0.0802 e. The Labute approximate surface area is 136 Å². The van der Waals surface area contributed by atoms with Gasteiger partial charge < -0.3 is 14.9 Å². The van der Waals surface area contributed by atoms with E-state index in [1.165, 1.54) is 32.5 Å². The monoisotopic (exact) mass is 352 g/mol. The van der Waals surface area contributed by atoms with Gasteiger partial charge in [-0.2, -0.15) is 0 Å². The van der Waals surface area contributed by atoms with E-state index in [-0.39, 0.29) is 6.10 Å². The molecule has 0 aromatic heterocycles. The van der Waals surface area contributed by atoms with Gasteiger partial charge in [0.15, 0.2) is 0 Å². The van der Waals surface area contributed by atoms with Crippen LogP contribution in [0.1, 0.15) is 30.9 Å². The van der Waals surface area contributed by atoms with Crippen LogP contribution in [0.2, 0.25) is 0 Å². The topological polar surface area (TPSA) is 26.7 Å². The first kappa shape index (κ1) is 15.5. The van der Waals surface area contributed by atoms with E-state index in [0.29, 0.717) is 0 Å². The highest BCUT2D eigenvalue weighted by Crippen LogP contribution is 2.30. The van der Waals surface area contributed by atoms with Crippen LogP contribution in [0.4, 0.5) is 0 Å². The maximum Gasteiger partial charge on any atom is 0.0802 e. The van der Waals surface area contributed by atoms with E-state index in [4.69, 9.17) is 0 Å². The third kappa shape index (κ3) is 4.78. The second-order valence-corrected chi connectivity index (χ2v) is 7.36. The van der Waals surface area contributed by atoms with Gasteiger partial charge in [0.05, 0.1) is 6.10 Å². The zero-order valence-corrected chi connectivity index (χ0v) is 14.1. The molecule has 2 aliphatic rings. The molecule has 21 heavy (non-hydrogen) atoms. The normalized spacial score (nSPS) is 22.4. The van der Waals surface area contributed by atoms with Gasteiger partial charge in [-0.3, -0.25) is 0 Å². The summed E-state index contributed by atoms with van der Waals surface area (Å²) in [5.41, 5.74) is 1.01. The lowest BCUT2D eigenvalue weighted by molar-refractivity contribution is 0.100. The van der Waals surface area contributed by atoms with Crippen LogP contribution >= 0.6 is 15.9 Å². The van der Waals surface area contributed by atoms with Gasteiger partial charge in [-0.1, -0.05) is 28.1 Å². The SMILES string of the molecule is OC(CCN1CCN(CC2CC2)CC1)c1cccc(Br)c1. The first-order valence-electron chi connectivity index (χ1n) is 8.09. The van der Waals surface area contributed by atoms with E-state index >= 15 is 0 Å². The molecule has 1 saturated carbocycles. The Balaban J connectivity index is 1.39. The van der Waals surface area contributed by atoms with E-state index < -0.39 is 0 Å². The predicted octanol–water partition coefficient (Wildman–Crippen LogP) is 2.90. The molecule has 3 nitrogen and oxygen atoms in total. The first-order valence-corrected chi connectivity index (χ1v) is 8.88. The number of benzene rings is 1. The Morgan fingerprint density at radius 3 is 2.52 bits per heavy atom. The molecule has 1 unspecified atom stereocenters. The van der Waals surface area contributed by atoms with Gasteiger partial charge in [0.1, 0.15) is 0 Å². The van der Waals surface area contributed by atoms with Gasteiger partial charge in [-0.25, -0.2) is 0 Å². The minimum Gasteiger partial charge on any atom is -0.388 e. The minimum absolute atomic E-state index is 0.355. The van der Waals surface area contributed by atoms with Crippen LogP contribution in [0.5, 0.6) is 0 Å². The molecule has 0 radical (unpaired) electrons. The maximum absolute atomic E-state index is 10.3. The summed E-state index contributed by atoms with van der Waals surface area (Å²) in [5.74, 6) is 0.995. The van der Waals surface area contributed by atoms with Crippen molar-refractivity contribution in [2.24, 2.45) is 5.92 Å². The third-order valence-corrected chi connectivity index (χ3v) is 5.12. The maximum atomic E-state index is 10.3. The Morgan fingerprint density at radius 1 is 1.14 bits per heavy atom. The van der Waals surface area contributed by atoms with Gasteiger partial charge in [0.25, 0.3) is 0 Å². The Kier molecular flexibility index (Phi) is 5.33. The van der Waals surface area contributed by atoms with Crippen molar-refractivity contribution >= 4 is 15.9 Å². The zero-order valence-electron chi connectivity index (χ0n) is 12.5. The van der Waals surface area contributed by atoms with E-state index in [2.05, 4.69) is 25.7 Å². The van der Waals surface area contributed by atoms with Crippen LogP contribution in [0.15, 0.2) is 28.7 Å². The van der Waals surface area contributed by atoms with Crippen LogP contribution in [0.3, 0.4) is 0 Å². The molecular weight excluding hydrogens is 328 g/mol. The molecule has 1 aliphatic heterocycles. The van der Waals surface area contributed by atoms with Crippen molar-refractivity contribution in [2.75, 3.05) is 39.3 Å². The van der Waals surface area contributed by atoms with Crippen molar-refractivity contribution in [3.63, 3.8) is 0 Å². The Bertz CT molecular complexity index is 456. The lowest BCUT2D eigenvalue weighted by Crippen LogP contribution is -2.47. The van der Waals surface area contributed by atoms with Crippen LogP contribution in [0, 0.1) is 5.92 Å². The van der Waals surface area contributed by atoms with Crippen molar-refractivity contribution < 1.29 is 5.11 Å². The zero-order chi connectivity index (χ0) is 14.7. The van der Waals surface area contributed by atoms with Gasteiger partial charge in [-0.15, -0.1) is 0 Å². The van der Waals surface area contributed by atoms with Crippen molar-refractivity contribution in [1.29, 1.82) is 0 Å². The quantitative estimate of drug-likeness (QED) is 0.852. The molecule has 1 heterocycles. The van der Waals surface area contributed by atoms with Crippen molar-refractivity contribution in [1.82, 2.24) is 9.80 Å². The number of aliphatic hydroxyl groups excluding tert-OH is 1. The van der Waals surface area contributed by atoms with Crippen LogP contribution in [-0.2, 0) is 0 Å². The molecular formula is C17H25BrN2O. The van der Waals surface area contributed by atoms with Gasteiger partial charge in [0, 0.05) is 43.7 Å². The molecule has 3 rings (SSSR count). The summed E-state index contributed by atoms with van der Waals surface area (Å²) in [7, 11) is 0. The third-order valence-electron chi connectivity index (χ3n) is 4.63. The lowest BCUT2D eigenvalue weighted by Gasteiger charge is -2.35. The summed E-state index contributed by atoms with van der Waals surface area (Å²) >= 11 is 3.46. The summed E-state index contributed by atoms with van der Waals surface area (Å²) < 4.78 is 1.03. The summed E-state index contributed by atoms with van der Waals surface area (Å²) in [5, 5.41) is 10.3. The molecule has 1 aromatic rings. The number of rotatable bonds is 6. The molecule has 1 aliphatic carbocycles. The molecule has 0 bridgehead atoms. The number of hydrogen-bond donors (Lipinski definition) is 1. The molecule has 1 atom stereocenters. The van der Waals surface area contributed by atoms with Crippen molar-refractivity contribution in [3.8, 4) is 0 Å². The summed E-state index contributed by atoms with van der Waals surface area (Å²) in [4.78, 5) is 5.10. The Hall–Kier alpha value is -0.420. The highest BCUT2D eigenvalue weighted by molar-refractivity contribution is 9.10. The summed E-state index contributed by atoms with van der Waals surface area (Å²) in [6.07, 6.45) is 3.35. The summed E-state index contributed by atoms with van der Waals surface area (Å²) in [6.45, 7) is 7.00. The molecule has 0 spiro atoms. The fraction of sp³-hybridized carbons (Fsp3) is 0.647. The van der Waals surface area contributed by atoms with Gasteiger partial charge in [-0.05, 0) is 42.9 Å². The predicted molar refractivity (Wildman–Crippen MR) is 89.3 cm³/mol. The second kappa shape index (κ2) is 7.23. The highest BCUT2D eigenvalue weighted by atomic mass is 79.9. The number of aliphatic hydroxyl groups is 1. The van der Waals surface area contributed by atoms with Gasteiger partial charge >= 0.3 is 0 Å². The van der Waals surface area contributed by atoms with E-state index in [1.54, 1.807) is 0 Å². The number of nitrogens with zero attached hydrogens (tertiary/aromatic N) is 2. The Morgan fingerprint density at radius 2 is 1.86 bits per heavy atom. The number of piperazine rings is 1. The molecule has 0 amide bonds. The van der Waals surface area contributed by atoms with Crippen molar-refractivity contribution in [2.45, 2.75) is 25.4 Å². The molecule has 116 valence electrons. The molecule has 1 aromatic carbocycles. The highest BCUT2D eigenvalue weighted by Gasteiger charge is 2.26. The van der Waals surface area contributed by atoms with E-state index in [1.807, 2.05) is 24.3 Å². The van der Waals surface area contributed by atoms with Crippen LogP contribution in [0.25, 0.3) is 0 Å². The average Bonchev–Trinajstić information content (AvgIpc) is 3.30. The molecule has 1 N–H and O–H groups in total. The number of hydrogen-bond acceptors (Lipinski definition) is 3.